The maximum atomic E-state index is 12.7. The van der Waals surface area contributed by atoms with Crippen molar-refractivity contribution in [2.24, 2.45) is 0 Å². The molecule has 1 heterocycles. The van der Waals surface area contributed by atoms with E-state index in [1.165, 1.54) is 6.92 Å². The van der Waals surface area contributed by atoms with Gasteiger partial charge in [-0.2, -0.15) is 4.39 Å². The van der Waals surface area contributed by atoms with E-state index in [1.54, 1.807) is 0 Å². The van der Waals surface area contributed by atoms with Gasteiger partial charge in [-0.3, -0.25) is 0 Å². The van der Waals surface area contributed by atoms with E-state index in [0.717, 1.165) is 12.3 Å². The van der Waals surface area contributed by atoms with Crippen molar-refractivity contribution in [2.45, 2.75) is 11.8 Å². The van der Waals surface area contributed by atoms with Crippen molar-refractivity contribution in [3.63, 3.8) is 0 Å². The third-order valence-electron chi connectivity index (χ3n) is 1.36. The lowest BCUT2D eigenvalue weighted by molar-refractivity contribution is 0.564. The van der Waals surface area contributed by atoms with Gasteiger partial charge in [-0.1, -0.05) is 0 Å². The monoisotopic (exact) mass is 209 g/mol. The van der Waals surface area contributed by atoms with Crippen molar-refractivity contribution in [3.8, 4) is 0 Å². The predicted octanol–water partition coefficient (Wildman–Crippen LogP) is 1.46. The lowest BCUT2D eigenvalue weighted by Gasteiger charge is -2.00. The van der Waals surface area contributed by atoms with Gasteiger partial charge in [0, 0.05) is 22.4 Å². The van der Waals surface area contributed by atoms with Gasteiger partial charge in [0.25, 0.3) is 9.05 Å². The van der Waals surface area contributed by atoms with Crippen molar-refractivity contribution in [2.75, 3.05) is 0 Å². The third-order valence-corrected chi connectivity index (χ3v) is 2.82. The number of halogens is 2. The molecule has 0 aliphatic rings. The minimum atomic E-state index is -3.86. The van der Waals surface area contributed by atoms with E-state index in [2.05, 4.69) is 4.98 Å². The fourth-order valence-corrected chi connectivity index (χ4v) is 1.93. The summed E-state index contributed by atoms with van der Waals surface area (Å²) in [6.45, 7) is 1.30. The van der Waals surface area contributed by atoms with Gasteiger partial charge in [0.05, 0.1) is 4.90 Å². The van der Waals surface area contributed by atoms with Gasteiger partial charge in [0.2, 0.25) is 5.95 Å². The molecule has 0 fully saturated rings. The molecule has 12 heavy (non-hydrogen) atoms. The maximum absolute atomic E-state index is 12.7. The van der Waals surface area contributed by atoms with E-state index in [-0.39, 0.29) is 10.5 Å². The van der Waals surface area contributed by atoms with Crippen molar-refractivity contribution in [1.29, 1.82) is 0 Å². The van der Waals surface area contributed by atoms with Gasteiger partial charge in [-0.05, 0) is 13.0 Å². The largest absolute Gasteiger partial charge is 0.261 e. The molecule has 1 aromatic heterocycles. The Balaban J connectivity index is 3.47. The van der Waals surface area contributed by atoms with Crippen LogP contribution in [-0.2, 0) is 9.05 Å². The molecule has 1 aromatic rings. The van der Waals surface area contributed by atoms with Gasteiger partial charge in [-0.25, -0.2) is 13.4 Å². The van der Waals surface area contributed by atoms with Crippen molar-refractivity contribution < 1.29 is 12.8 Å². The van der Waals surface area contributed by atoms with Crippen LogP contribution in [0.5, 0.6) is 0 Å². The first kappa shape index (κ1) is 9.41. The molecule has 0 bridgehead atoms. The molecule has 0 atom stereocenters. The zero-order chi connectivity index (χ0) is 9.35. The summed E-state index contributed by atoms with van der Waals surface area (Å²) in [4.78, 5) is 3.02. The molecule has 0 aliphatic carbocycles. The van der Waals surface area contributed by atoms with Crippen LogP contribution in [0.15, 0.2) is 17.2 Å². The zero-order valence-corrected chi connectivity index (χ0v) is 7.66. The Morgan fingerprint density at radius 3 is 2.58 bits per heavy atom. The Bertz CT molecular complexity index is 404. The standard InChI is InChI=1S/C6H5ClFNO2S/c1-4-5(12(7,10)11)2-3-9-6(4)8/h2-3H,1H3. The van der Waals surface area contributed by atoms with Gasteiger partial charge in [-0.15, -0.1) is 0 Å². The predicted molar refractivity (Wildman–Crippen MR) is 42.0 cm³/mol. The molecule has 0 aliphatic heterocycles. The number of hydrogen-bond donors (Lipinski definition) is 0. The third kappa shape index (κ3) is 1.73. The summed E-state index contributed by atoms with van der Waals surface area (Å²) < 4.78 is 34.2. The molecule has 0 saturated carbocycles. The second kappa shape index (κ2) is 2.99. The molecule has 0 saturated heterocycles. The highest BCUT2D eigenvalue weighted by Gasteiger charge is 2.15. The fourth-order valence-electron chi connectivity index (χ4n) is 0.758. The van der Waals surface area contributed by atoms with Crippen LogP contribution in [0.3, 0.4) is 0 Å². The Morgan fingerprint density at radius 2 is 2.17 bits per heavy atom. The van der Waals surface area contributed by atoms with Gasteiger partial charge in [0.15, 0.2) is 0 Å². The summed E-state index contributed by atoms with van der Waals surface area (Å²) in [5.74, 6) is -0.822. The van der Waals surface area contributed by atoms with Crippen LogP contribution < -0.4 is 0 Å². The molecule has 66 valence electrons. The summed E-state index contributed by atoms with van der Waals surface area (Å²) in [5.41, 5.74) is -0.0625. The Labute approximate surface area is 73.6 Å². The first-order chi connectivity index (χ1) is 5.43. The molecule has 0 aromatic carbocycles. The van der Waals surface area contributed by atoms with Crippen molar-refractivity contribution in [1.82, 2.24) is 4.98 Å². The molecule has 0 radical (unpaired) electrons. The Hall–Kier alpha value is -0.680. The summed E-state index contributed by atoms with van der Waals surface area (Å²) in [6, 6.07) is 1.15. The fraction of sp³-hybridized carbons (Fsp3) is 0.167. The Morgan fingerprint density at radius 1 is 1.58 bits per heavy atom. The van der Waals surface area contributed by atoms with Crippen LogP contribution in [0.1, 0.15) is 5.56 Å². The molecule has 0 amide bonds. The molecule has 6 heteroatoms. The first-order valence-electron chi connectivity index (χ1n) is 2.98. The summed E-state index contributed by atoms with van der Waals surface area (Å²) in [5, 5.41) is 0. The van der Waals surface area contributed by atoms with Crippen LogP contribution in [0.25, 0.3) is 0 Å². The number of pyridine rings is 1. The maximum Gasteiger partial charge on any atom is 0.261 e. The van der Waals surface area contributed by atoms with E-state index in [9.17, 15) is 12.8 Å². The van der Waals surface area contributed by atoms with E-state index in [4.69, 9.17) is 10.7 Å². The molecular formula is C6H5ClFNO2S. The van der Waals surface area contributed by atoms with Crippen LogP contribution in [-0.4, -0.2) is 13.4 Å². The molecule has 1 rings (SSSR count). The molecule has 0 unspecified atom stereocenters. The zero-order valence-electron chi connectivity index (χ0n) is 6.08. The van der Waals surface area contributed by atoms with Crippen LogP contribution in [0.4, 0.5) is 4.39 Å². The lowest BCUT2D eigenvalue weighted by Crippen LogP contribution is -1.98. The highest BCUT2D eigenvalue weighted by atomic mass is 35.7. The second-order valence-electron chi connectivity index (χ2n) is 2.16. The van der Waals surface area contributed by atoms with E-state index in [1.807, 2.05) is 0 Å². The lowest BCUT2D eigenvalue weighted by atomic mass is 10.3. The van der Waals surface area contributed by atoms with Gasteiger partial charge >= 0.3 is 0 Å². The second-order valence-corrected chi connectivity index (χ2v) is 4.70. The molecule has 0 spiro atoms. The highest BCUT2D eigenvalue weighted by molar-refractivity contribution is 8.13. The van der Waals surface area contributed by atoms with E-state index < -0.39 is 15.0 Å². The first-order valence-corrected chi connectivity index (χ1v) is 5.29. The summed E-state index contributed by atoms with van der Waals surface area (Å²) >= 11 is 0. The topological polar surface area (TPSA) is 47.0 Å². The Kier molecular flexibility index (Phi) is 2.34. The number of rotatable bonds is 1. The average Bonchev–Trinajstić information content (AvgIpc) is 1.92. The quantitative estimate of drug-likeness (QED) is 0.520. The molecule has 0 N–H and O–H groups in total. The average molecular weight is 210 g/mol. The van der Waals surface area contributed by atoms with Crippen LogP contribution in [0, 0.1) is 12.9 Å². The molecular weight excluding hydrogens is 205 g/mol. The van der Waals surface area contributed by atoms with Gasteiger partial charge in [0.1, 0.15) is 0 Å². The highest BCUT2D eigenvalue weighted by Crippen LogP contribution is 2.19. The summed E-state index contributed by atoms with van der Waals surface area (Å²) in [6.07, 6.45) is 1.05. The van der Waals surface area contributed by atoms with Crippen molar-refractivity contribution >= 4 is 19.7 Å². The number of nitrogens with zero attached hydrogens (tertiary/aromatic N) is 1. The SMILES string of the molecule is Cc1c(S(=O)(=O)Cl)ccnc1F. The van der Waals surface area contributed by atoms with E-state index in [0.29, 0.717) is 0 Å². The smallest absolute Gasteiger partial charge is 0.228 e. The van der Waals surface area contributed by atoms with Crippen LogP contribution in [0.2, 0.25) is 0 Å². The van der Waals surface area contributed by atoms with Gasteiger partial charge < -0.3 is 0 Å². The summed E-state index contributed by atoms with van der Waals surface area (Å²) in [7, 11) is 1.15. The normalized spacial score (nSPS) is 11.6. The van der Waals surface area contributed by atoms with Crippen molar-refractivity contribution in [3.05, 3.63) is 23.8 Å². The minimum absolute atomic E-state index is 0.0625. The number of aromatic nitrogens is 1. The van der Waals surface area contributed by atoms with E-state index >= 15 is 0 Å². The minimum Gasteiger partial charge on any atom is -0.228 e. The van der Waals surface area contributed by atoms with Crippen LogP contribution >= 0.6 is 10.7 Å². The number of hydrogen-bond acceptors (Lipinski definition) is 3. The molecule has 3 nitrogen and oxygen atoms in total.